The van der Waals surface area contributed by atoms with Gasteiger partial charge in [0.15, 0.2) is 0 Å². The highest BCUT2D eigenvalue weighted by atomic mass is 19.1. The summed E-state index contributed by atoms with van der Waals surface area (Å²) < 4.78 is 19.7. The van der Waals surface area contributed by atoms with Crippen LogP contribution in [-0.4, -0.2) is 51.1 Å². The number of hydrogen-bond acceptors (Lipinski definition) is 4. The highest BCUT2D eigenvalue weighted by Gasteiger charge is 2.30. The van der Waals surface area contributed by atoms with Crippen molar-refractivity contribution >= 4 is 5.91 Å². The van der Waals surface area contributed by atoms with Crippen LogP contribution < -0.4 is 0 Å². The second-order valence-corrected chi connectivity index (χ2v) is 9.01. The van der Waals surface area contributed by atoms with Gasteiger partial charge in [0, 0.05) is 19.0 Å². The topological polar surface area (TPSA) is 60.2 Å². The van der Waals surface area contributed by atoms with Crippen LogP contribution in [0.4, 0.5) is 4.39 Å². The Morgan fingerprint density at radius 1 is 1.22 bits per heavy atom. The van der Waals surface area contributed by atoms with E-state index in [9.17, 15) is 9.18 Å². The molecule has 170 valence electrons. The third-order valence-electron chi connectivity index (χ3n) is 6.42. The van der Waals surface area contributed by atoms with Crippen LogP contribution in [0.25, 0.3) is 5.69 Å². The molecule has 2 aromatic rings. The summed E-state index contributed by atoms with van der Waals surface area (Å²) in [6.45, 7) is 7.10. The standard InChI is InChI=1S/C25H31FN4O2/c1-17-7-10-24(30-27-11-12-28-30)22(13-17)25(31)29-15-20(6-4-5-19(29)3)16-32-21-8-9-23(26)18(2)14-21/h7-13,19-21H,4-6,14-16H2,1-3H3. The van der Waals surface area contributed by atoms with E-state index in [0.29, 0.717) is 30.8 Å². The van der Waals surface area contributed by atoms with Crippen LogP contribution in [-0.2, 0) is 4.74 Å². The number of carbonyl (C=O) groups excluding carboxylic acids is 1. The summed E-state index contributed by atoms with van der Waals surface area (Å²) in [7, 11) is 0. The first-order chi connectivity index (χ1) is 15.4. The summed E-state index contributed by atoms with van der Waals surface area (Å²) >= 11 is 0. The van der Waals surface area contributed by atoms with Gasteiger partial charge in [-0.05, 0) is 63.3 Å². The molecule has 4 rings (SSSR count). The Morgan fingerprint density at radius 3 is 2.75 bits per heavy atom. The van der Waals surface area contributed by atoms with E-state index in [0.717, 1.165) is 30.4 Å². The number of likely N-dealkylation sites (tertiary alicyclic amines) is 1. The molecule has 0 radical (unpaired) electrons. The number of rotatable bonds is 5. The van der Waals surface area contributed by atoms with E-state index in [4.69, 9.17) is 4.74 Å². The molecule has 0 spiro atoms. The average molecular weight is 439 g/mol. The number of hydrogen-bond donors (Lipinski definition) is 0. The predicted molar refractivity (Wildman–Crippen MR) is 121 cm³/mol. The molecule has 1 fully saturated rings. The van der Waals surface area contributed by atoms with Gasteiger partial charge in [-0.2, -0.15) is 15.0 Å². The molecule has 1 aromatic heterocycles. The smallest absolute Gasteiger partial charge is 0.256 e. The van der Waals surface area contributed by atoms with Crippen LogP contribution in [0.1, 0.15) is 55.5 Å². The molecule has 0 saturated carbocycles. The van der Waals surface area contributed by atoms with Crippen LogP contribution in [0.5, 0.6) is 0 Å². The van der Waals surface area contributed by atoms with E-state index < -0.39 is 0 Å². The highest BCUT2D eigenvalue weighted by molar-refractivity contribution is 5.98. The average Bonchev–Trinajstić information content (AvgIpc) is 3.24. The zero-order valence-electron chi connectivity index (χ0n) is 19.0. The molecule has 3 atom stereocenters. The lowest BCUT2D eigenvalue weighted by atomic mass is 10.0. The Bertz CT molecular complexity index is 1010. The van der Waals surface area contributed by atoms with Crippen molar-refractivity contribution in [3.63, 3.8) is 0 Å². The second kappa shape index (κ2) is 9.77. The Labute approximate surface area is 188 Å². The maximum atomic E-state index is 13.7. The van der Waals surface area contributed by atoms with Crippen molar-refractivity contribution in [1.82, 2.24) is 19.9 Å². The molecule has 1 amide bonds. The molecule has 0 bridgehead atoms. The lowest BCUT2D eigenvalue weighted by Gasteiger charge is -2.31. The fraction of sp³-hybridized carbons (Fsp3) is 0.480. The molecule has 7 heteroatoms. The van der Waals surface area contributed by atoms with Crippen molar-refractivity contribution in [1.29, 1.82) is 0 Å². The van der Waals surface area contributed by atoms with Crippen LogP contribution in [0.2, 0.25) is 0 Å². The first kappa shape index (κ1) is 22.4. The van der Waals surface area contributed by atoms with Crippen LogP contribution in [0.15, 0.2) is 54.1 Å². The fourth-order valence-electron chi connectivity index (χ4n) is 4.49. The van der Waals surface area contributed by atoms with Crippen LogP contribution >= 0.6 is 0 Å². The predicted octanol–water partition coefficient (Wildman–Crippen LogP) is 4.80. The summed E-state index contributed by atoms with van der Waals surface area (Å²) in [6, 6.07) is 5.92. The molecular formula is C25H31FN4O2. The Balaban J connectivity index is 1.49. The number of aryl methyl sites for hydroxylation is 1. The molecule has 1 saturated heterocycles. The lowest BCUT2D eigenvalue weighted by molar-refractivity contribution is 0.0388. The highest BCUT2D eigenvalue weighted by Crippen LogP contribution is 2.27. The molecule has 1 aliphatic heterocycles. The SMILES string of the molecule is CC1=C(F)C=CC(OCC2CCCC(C)N(C(=O)c3cc(C)ccc3-n3nccn3)C2)C1. The van der Waals surface area contributed by atoms with Gasteiger partial charge in [0.1, 0.15) is 5.83 Å². The minimum atomic E-state index is -0.162. The largest absolute Gasteiger partial charge is 0.373 e. The number of aromatic nitrogens is 3. The third kappa shape index (κ3) is 4.99. The van der Waals surface area contributed by atoms with E-state index in [-0.39, 0.29) is 29.8 Å². The monoisotopic (exact) mass is 438 g/mol. The van der Waals surface area contributed by atoms with Crippen LogP contribution in [0.3, 0.4) is 0 Å². The zero-order valence-corrected chi connectivity index (χ0v) is 19.0. The van der Waals surface area contributed by atoms with Crippen molar-refractivity contribution in [3.8, 4) is 5.69 Å². The maximum absolute atomic E-state index is 13.7. The number of benzene rings is 1. The van der Waals surface area contributed by atoms with Gasteiger partial charge in [-0.25, -0.2) is 4.39 Å². The quantitative estimate of drug-likeness (QED) is 0.673. The number of nitrogens with zero attached hydrogens (tertiary/aromatic N) is 4. The number of carbonyl (C=O) groups is 1. The van der Waals surface area contributed by atoms with Gasteiger partial charge in [0.25, 0.3) is 5.91 Å². The molecule has 1 aromatic carbocycles. The molecule has 0 N–H and O–H groups in total. The minimum absolute atomic E-state index is 0.00110. The number of amides is 1. The molecule has 1 aliphatic carbocycles. The van der Waals surface area contributed by atoms with Gasteiger partial charge in [-0.3, -0.25) is 4.79 Å². The van der Waals surface area contributed by atoms with Gasteiger partial charge in [-0.15, -0.1) is 0 Å². The summed E-state index contributed by atoms with van der Waals surface area (Å²) in [5.41, 5.74) is 3.04. The molecule has 2 heterocycles. The molecular weight excluding hydrogens is 407 g/mol. The normalized spacial score (nSPS) is 24.0. The van der Waals surface area contributed by atoms with Gasteiger partial charge in [0.2, 0.25) is 0 Å². The van der Waals surface area contributed by atoms with E-state index in [1.54, 1.807) is 25.4 Å². The number of allylic oxidation sites excluding steroid dienone is 2. The first-order valence-electron chi connectivity index (χ1n) is 11.4. The maximum Gasteiger partial charge on any atom is 0.256 e. The van der Waals surface area contributed by atoms with E-state index in [1.165, 1.54) is 10.9 Å². The molecule has 6 nitrogen and oxygen atoms in total. The summed E-state index contributed by atoms with van der Waals surface area (Å²) in [5.74, 6) is 0.0776. The van der Waals surface area contributed by atoms with Crippen LogP contribution in [0, 0.1) is 12.8 Å². The third-order valence-corrected chi connectivity index (χ3v) is 6.42. The second-order valence-electron chi connectivity index (χ2n) is 9.01. The van der Waals surface area contributed by atoms with E-state index in [1.807, 2.05) is 30.0 Å². The molecule has 32 heavy (non-hydrogen) atoms. The first-order valence-corrected chi connectivity index (χ1v) is 11.4. The van der Waals surface area contributed by atoms with Crippen molar-refractivity contribution < 1.29 is 13.9 Å². The Hall–Kier alpha value is -2.80. The van der Waals surface area contributed by atoms with Crippen molar-refractivity contribution in [2.24, 2.45) is 5.92 Å². The minimum Gasteiger partial charge on any atom is -0.373 e. The van der Waals surface area contributed by atoms with Crippen molar-refractivity contribution in [2.45, 2.75) is 58.6 Å². The fourth-order valence-corrected chi connectivity index (χ4v) is 4.49. The summed E-state index contributed by atoms with van der Waals surface area (Å²) in [6.07, 6.45) is 10.0. The van der Waals surface area contributed by atoms with Gasteiger partial charge >= 0.3 is 0 Å². The molecule has 3 unspecified atom stereocenters. The van der Waals surface area contributed by atoms with E-state index in [2.05, 4.69) is 17.1 Å². The Morgan fingerprint density at radius 2 is 2.00 bits per heavy atom. The van der Waals surface area contributed by atoms with Gasteiger partial charge in [-0.1, -0.05) is 24.1 Å². The number of halogens is 1. The van der Waals surface area contributed by atoms with Gasteiger partial charge < -0.3 is 9.64 Å². The number of ether oxygens (including phenoxy) is 1. The summed E-state index contributed by atoms with van der Waals surface area (Å²) in [5, 5.41) is 8.45. The van der Waals surface area contributed by atoms with E-state index >= 15 is 0 Å². The lowest BCUT2D eigenvalue weighted by Crippen LogP contribution is -2.41. The zero-order chi connectivity index (χ0) is 22.7. The van der Waals surface area contributed by atoms with Crippen molar-refractivity contribution in [2.75, 3.05) is 13.2 Å². The molecule has 2 aliphatic rings. The Kier molecular flexibility index (Phi) is 6.84. The van der Waals surface area contributed by atoms with Crippen molar-refractivity contribution in [3.05, 3.63) is 65.3 Å². The summed E-state index contributed by atoms with van der Waals surface area (Å²) in [4.78, 5) is 17.2. The van der Waals surface area contributed by atoms with Gasteiger partial charge in [0.05, 0.1) is 36.4 Å².